The van der Waals surface area contributed by atoms with Gasteiger partial charge in [0.25, 0.3) is 5.91 Å². The Hall–Kier alpha value is -3.49. The Morgan fingerprint density at radius 3 is 2.48 bits per heavy atom. The zero-order valence-electron chi connectivity index (χ0n) is 15.5. The van der Waals surface area contributed by atoms with Crippen molar-refractivity contribution in [3.63, 3.8) is 0 Å². The summed E-state index contributed by atoms with van der Waals surface area (Å²) < 4.78 is 2.99. The van der Waals surface area contributed by atoms with Crippen LogP contribution < -0.4 is 5.32 Å². The third-order valence-corrected chi connectivity index (χ3v) is 4.17. The summed E-state index contributed by atoms with van der Waals surface area (Å²) >= 11 is 0. The van der Waals surface area contributed by atoms with E-state index in [1.54, 1.807) is 16.8 Å². The molecule has 0 aliphatic rings. The SMILES string of the molecule is Cc1cc(C)n(-c2ccc(C(=O)Nc3cnn(C(C)(C)C(=O)O)c3)cn2)n1. The largest absolute Gasteiger partial charge is 0.479 e. The van der Waals surface area contributed by atoms with Gasteiger partial charge in [-0.1, -0.05) is 0 Å². The molecule has 27 heavy (non-hydrogen) atoms. The van der Waals surface area contributed by atoms with Crippen LogP contribution in [0.1, 0.15) is 35.6 Å². The average molecular weight is 368 g/mol. The van der Waals surface area contributed by atoms with Crippen molar-refractivity contribution in [1.82, 2.24) is 24.5 Å². The van der Waals surface area contributed by atoms with Crippen LogP contribution in [0.25, 0.3) is 5.82 Å². The summed E-state index contributed by atoms with van der Waals surface area (Å²) in [6.45, 7) is 6.88. The van der Waals surface area contributed by atoms with Crippen LogP contribution in [0.15, 0.2) is 36.8 Å². The van der Waals surface area contributed by atoms with Crippen LogP contribution in [0.4, 0.5) is 5.69 Å². The summed E-state index contributed by atoms with van der Waals surface area (Å²) in [6, 6.07) is 5.31. The lowest BCUT2D eigenvalue weighted by Gasteiger charge is -2.19. The molecule has 1 amide bonds. The quantitative estimate of drug-likeness (QED) is 0.713. The summed E-state index contributed by atoms with van der Waals surface area (Å²) in [5, 5.41) is 20.3. The molecule has 3 heterocycles. The molecule has 3 rings (SSSR count). The normalized spacial score (nSPS) is 11.4. The van der Waals surface area contributed by atoms with Gasteiger partial charge in [0.05, 0.1) is 23.1 Å². The van der Waals surface area contributed by atoms with Gasteiger partial charge in [-0.3, -0.25) is 9.48 Å². The molecule has 140 valence electrons. The number of carbonyl (C=O) groups is 2. The third kappa shape index (κ3) is 3.57. The topological polar surface area (TPSA) is 115 Å². The van der Waals surface area contributed by atoms with Crippen molar-refractivity contribution >= 4 is 17.6 Å². The molecule has 0 saturated carbocycles. The number of carboxylic acids is 1. The number of carbonyl (C=O) groups excluding carboxylic acids is 1. The second-order valence-corrected chi connectivity index (χ2v) is 6.74. The zero-order chi connectivity index (χ0) is 19.8. The Labute approximate surface area is 155 Å². The van der Waals surface area contributed by atoms with Gasteiger partial charge >= 0.3 is 5.97 Å². The molecule has 0 aromatic carbocycles. The monoisotopic (exact) mass is 368 g/mol. The minimum Gasteiger partial charge on any atom is -0.479 e. The Morgan fingerprint density at radius 1 is 1.19 bits per heavy atom. The fourth-order valence-corrected chi connectivity index (χ4v) is 2.50. The molecule has 2 N–H and O–H groups in total. The fraction of sp³-hybridized carbons (Fsp3) is 0.278. The molecule has 0 unspecified atom stereocenters. The van der Waals surface area contributed by atoms with Crippen LogP contribution in [-0.2, 0) is 10.3 Å². The Kier molecular flexibility index (Phi) is 4.52. The van der Waals surface area contributed by atoms with Gasteiger partial charge < -0.3 is 10.4 Å². The summed E-state index contributed by atoms with van der Waals surface area (Å²) in [7, 11) is 0. The van der Waals surface area contributed by atoms with E-state index in [-0.39, 0.29) is 5.91 Å². The van der Waals surface area contributed by atoms with Crippen LogP contribution in [0.3, 0.4) is 0 Å². The zero-order valence-corrected chi connectivity index (χ0v) is 15.5. The Bertz CT molecular complexity index is 1000. The first-order chi connectivity index (χ1) is 12.7. The minimum absolute atomic E-state index is 0.366. The van der Waals surface area contributed by atoms with E-state index in [9.17, 15) is 14.7 Å². The highest BCUT2D eigenvalue weighted by Crippen LogP contribution is 2.18. The van der Waals surface area contributed by atoms with Crippen molar-refractivity contribution in [3.05, 3.63) is 53.7 Å². The van der Waals surface area contributed by atoms with E-state index in [0.717, 1.165) is 11.4 Å². The lowest BCUT2D eigenvalue weighted by atomic mass is 10.1. The number of aryl methyl sites for hydroxylation is 2. The maximum atomic E-state index is 12.4. The van der Waals surface area contributed by atoms with E-state index >= 15 is 0 Å². The molecule has 0 fully saturated rings. The first-order valence-electron chi connectivity index (χ1n) is 8.28. The molecule has 9 nitrogen and oxygen atoms in total. The molecule has 0 aliphatic carbocycles. The third-order valence-electron chi connectivity index (χ3n) is 4.17. The molecule has 0 radical (unpaired) electrons. The fourth-order valence-electron chi connectivity index (χ4n) is 2.50. The summed E-state index contributed by atoms with van der Waals surface area (Å²) in [5.74, 6) is -0.768. The van der Waals surface area contributed by atoms with Crippen molar-refractivity contribution in [2.24, 2.45) is 0 Å². The number of pyridine rings is 1. The van der Waals surface area contributed by atoms with Gasteiger partial charge in [0.1, 0.15) is 0 Å². The molecular formula is C18H20N6O3. The number of aromatic nitrogens is 5. The molecule has 0 aliphatic heterocycles. The average Bonchev–Trinajstić information content (AvgIpc) is 3.21. The van der Waals surface area contributed by atoms with Crippen LogP contribution in [-0.4, -0.2) is 41.5 Å². The molecule has 0 spiro atoms. The lowest BCUT2D eigenvalue weighted by molar-refractivity contribution is -0.146. The van der Waals surface area contributed by atoms with Crippen molar-refractivity contribution in [2.75, 3.05) is 5.32 Å². The number of carboxylic acid groups (broad SMARTS) is 1. The number of hydrogen-bond acceptors (Lipinski definition) is 5. The van der Waals surface area contributed by atoms with Gasteiger partial charge in [-0.25, -0.2) is 14.5 Å². The Balaban J connectivity index is 1.75. The molecule has 9 heteroatoms. The molecule has 0 bridgehead atoms. The van der Waals surface area contributed by atoms with Crippen molar-refractivity contribution < 1.29 is 14.7 Å². The Morgan fingerprint density at radius 2 is 1.93 bits per heavy atom. The number of nitrogens with one attached hydrogen (secondary N) is 1. The lowest BCUT2D eigenvalue weighted by Crippen LogP contribution is -2.35. The standard InChI is InChI=1S/C18H20N6O3/c1-11-7-12(2)24(22-11)15-6-5-13(8-19-15)16(25)21-14-9-20-23(10-14)18(3,4)17(26)27/h5-10H,1-4H3,(H,21,25)(H,26,27). The highest BCUT2D eigenvalue weighted by Gasteiger charge is 2.30. The minimum atomic E-state index is -1.22. The van der Waals surface area contributed by atoms with Gasteiger partial charge in [0.15, 0.2) is 11.4 Å². The van der Waals surface area contributed by atoms with Crippen LogP contribution in [0.2, 0.25) is 0 Å². The number of rotatable bonds is 5. The van der Waals surface area contributed by atoms with E-state index in [1.807, 2.05) is 19.9 Å². The highest BCUT2D eigenvalue weighted by atomic mass is 16.4. The van der Waals surface area contributed by atoms with E-state index in [2.05, 4.69) is 20.5 Å². The first-order valence-corrected chi connectivity index (χ1v) is 8.28. The van der Waals surface area contributed by atoms with Crippen LogP contribution in [0, 0.1) is 13.8 Å². The van der Waals surface area contributed by atoms with Crippen molar-refractivity contribution in [3.8, 4) is 5.82 Å². The number of anilines is 1. The van der Waals surface area contributed by atoms with E-state index in [0.29, 0.717) is 17.1 Å². The molecule has 3 aromatic heterocycles. The maximum Gasteiger partial charge on any atom is 0.331 e. The number of amides is 1. The van der Waals surface area contributed by atoms with Gasteiger partial charge in [0, 0.05) is 18.1 Å². The number of hydrogen-bond donors (Lipinski definition) is 2. The van der Waals surface area contributed by atoms with Crippen molar-refractivity contribution in [2.45, 2.75) is 33.2 Å². The number of aliphatic carboxylic acids is 1. The molecule has 0 saturated heterocycles. The van der Waals surface area contributed by atoms with Gasteiger partial charge in [-0.05, 0) is 45.9 Å². The highest BCUT2D eigenvalue weighted by molar-refractivity contribution is 6.04. The molecule has 3 aromatic rings. The van der Waals surface area contributed by atoms with Crippen molar-refractivity contribution in [1.29, 1.82) is 0 Å². The van der Waals surface area contributed by atoms with E-state index in [4.69, 9.17) is 0 Å². The molecular weight excluding hydrogens is 348 g/mol. The predicted octanol–water partition coefficient (Wildman–Crippen LogP) is 2.15. The first kappa shape index (κ1) is 18.3. The van der Waals surface area contributed by atoms with E-state index in [1.165, 1.54) is 37.1 Å². The van der Waals surface area contributed by atoms with E-state index < -0.39 is 11.5 Å². The summed E-state index contributed by atoms with van der Waals surface area (Å²) in [4.78, 5) is 28.0. The second kappa shape index (κ2) is 6.67. The van der Waals surface area contributed by atoms with Gasteiger partial charge in [-0.2, -0.15) is 10.2 Å². The number of nitrogens with zero attached hydrogens (tertiary/aromatic N) is 5. The summed E-state index contributed by atoms with van der Waals surface area (Å²) in [5.41, 5.74) is 1.39. The summed E-state index contributed by atoms with van der Waals surface area (Å²) in [6.07, 6.45) is 4.34. The van der Waals surface area contributed by atoms with Crippen LogP contribution >= 0.6 is 0 Å². The van der Waals surface area contributed by atoms with Crippen LogP contribution in [0.5, 0.6) is 0 Å². The maximum absolute atomic E-state index is 12.4. The second-order valence-electron chi connectivity index (χ2n) is 6.74. The van der Waals surface area contributed by atoms with Gasteiger partial charge in [-0.15, -0.1) is 0 Å². The molecule has 0 atom stereocenters. The van der Waals surface area contributed by atoms with Gasteiger partial charge in [0.2, 0.25) is 0 Å². The smallest absolute Gasteiger partial charge is 0.331 e. The predicted molar refractivity (Wildman–Crippen MR) is 98.0 cm³/mol.